The van der Waals surface area contributed by atoms with Crippen molar-refractivity contribution in [2.75, 3.05) is 43.7 Å². The lowest BCUT2D eigenvalue weighted by Gasteiger charge is -2.18. The molecule has 4 rings (SSSR count). The zero-order valence-corrected chi connectivity index (χ0v) is 24.0. The number of fused-ring (bicyclic) bond motifs is 2. The van der Waals surface area contributed by atoms with E-state index in [1.54, 1.807) is 66.0 Å². The molecule has 0 amide bonds. The molecule has 0 aliphatic carbocycles. The quantitative estimate of drug-likeness (QED) is 0.159. The van der Waals surface area contributed by atoms with Crippen molar-refractivity contribution < 1.29 is 48.9 Å². The molecule has 2 heterocycles. The minimum absolute atomic E-state index is 0.122. The Labute approximate surface area is 232 Å². The molecule has 218 valence electrons. The predicted molar refractivity (Wildman–Crippen MR) is 146 cm³/mol. The van der Waals surface area contributed by atoms with Crippen LogP contribution < -0.4 is 29.2 Å². The van der Waals surface area contributed by atoms with E-state index in [0.717, 1.165) is 0 Å². The Kier molecular flexibility index (Phi) is 9.20. The Morgan fingerprint density at radius 1 is 1.02 bits per heavy atom. The van der Waals surface area contributed by atoms with Crippen LogP contribution in [0.2, 0.25) is 0 Å². The van der Waals surface area contributed by atoms with Crippen molar-refractivity contribution in [1.29, 1.82) is 0 Å². The van der Waals surface area contributed by atoms with Crippen molar-refractivity contribution in [3.63, 3.8) is 0 Å². The number of rotatable bonds is 14. The Morgan fingerprint density at radius 3 is 2.45 bits per heavy atom. The SMILES string of the molecule is CCNOS(=O)(=O)CCCN1C(=Cc2oc3ccc(OC)cc3[n+]2CCCS(=O)(=O)O)Oc2ccc(OC)cc21. The van der Waals surface area contributed by atoms with Crippen LogP contribution in [0.4, 0.5) is 5.69 Å². The van der Waals surface area contributed by atoms with Crippen LogP contribution in [0.1, 0.15) is 25.7 Å². The third-order valence-corrected chi connectivity index (χ3v) is 7.98. The van der Waals surface area contributed by atoms with Gasteiger partial charge in [0, 0.05) is 25.6 Å². The van der Waals surface area contributed by atoms with Gasteiger partial charge in [0.2, 0.25) is 11.5 Å². The van der Waals surface area contributed by atoms with E-state index in [2.05, 4.69) is 5.48 Å². The number of aryl methyl sites for hydroxylation is 1. The molecule has 0 saturated heterocycles. The van der Waals surface area contributed by atoms with E-state index in [9.17, 15) is 21.4 Å². The van der Waals surface area contributed by atoms with E-state index < -0.39 is 26.0 Å². The van der Waals surface area contributed by atoms with Crippen molar-refractivity contribution in [3.05, 3.63) is 48.2 Å². The summed E-state index contributed by atoms with van der Waals surface area (Å²) in [5.41, 5.74) is 4.21. The summed E-state index contributed by atoms with van der Waals surface area (Å²) < 4.78 is 85.7. The fourth-order valence-corrected chi connectivity index (χ4v) is 5.55. The lowest BCUT2D eigenvalue weighted by Crippen LogP contribution is -2.36. The number of nitrogens with one attached hydrogen (secondary N) is 1. The molecular formula is C25H32N3O10S2+. The van der Waals surface area contributed by atoms with E-state index in [0.29, 0.717) is 52.4 Å². The summed E-state index contributed by atoms with van der Waals surface area (Å²) in [6, 6.07) is 10.5. The first-order chi connectivity index (χ1) is 19.0. The predicted octanol–water partition coefficient (Wildman–Crippen LogP) is 2.47. The zero-order chi connectivity index (χ0) is 28.9. The van der Waals surface area contributed by atoms with Gasteiger partial charge in [0.1, 0.15) is 17.6 Å². The van der Waals surface area contributed by atoms with Gasteiger partial charge in [0.25, 0.3) is 25.8 Å². The van der Waals surface area contributed by atoms with Crippen molar-refractivity contribution in [1.82, 2.24) is 5.48 Å². The number of hydroxylamine groups is 1. The minimum Gasteiger partial charge on any atom is -0.497 e. The Hall–Kier alpha value is -3.37. The summed E-state index contributed by atoms with van der Waals surface area (Å²) in [5.74, 6) is 1.76. The van der Waals surface area contributed by atoms with Gasteiger partial charge in [-0.3, -0.25) is 4.55 Å². The number of anilines is 1. The molecular weight excluding hydrogens is 566 g/mol. The van der Waals surface area contributed by atoms with Gasteiger partial charge in [-0.05, 0) is 30.7 Å². The van der Waals surface area contributed by atoms with E-state index >= 15 is 0 Å². The van der Waals surface area contributed by atoms with Gasteiger partial charge in [0.15, 0.2) is 12.3 Å². The van der Waals surface area contributed by atoms with Gasteiger partial charge < -0.3 is 23.5 Å². The van der Waals surface area contributed by atoms with Crippen LogP contribution in [0, 0.1) is 0 Å². The van der Waals surface area contributed by atoms with E-state index in [-0.39, 0.29) is 31.7 Å². The van der Waals surface area contributed by atoms with Gasteiger partial charge in [-0.2, -0.15) is 31.2 Å². The standard InChI is InChI=1S/C25H31N3O10S2/c1-4-26-38-40(32,33)14-6-12-28-21-16-19(35-3)8-10-23(21)37-25(28)17-24-27(11-5-13-39(29,30)31)20-15-18(34-2)7-9-22(20)36-24/h7-10,15-17,26H,4-6,11-14H2,1-3H3/p+1. The van der Waals surface area contributed by atoms with Gasteiger partial charge in [-0.1, -0.05) is 6.92 Å². The maximum Gasteiger partial charge on any atom is 0.379 e. The second kappa shape index (κ2) is 12.4. The molecule has 0 bridgehead atoms. The van der Waals surface area contributed by atoms with Crippen LogP contribution in [-0.4, -0.2) is 60.2 Å². The first kappa shape index (κ1) is 29.6. The molecule has 40 heavy (non-hydrogen) atoms. The third kappa shape index (κ3) is 7.22. The number of hydrogen-bond donors (Lipinski definition) is 2. The van der Waals surface area contributed by atoms with Crippen LogP contribution in [-0.2, 0) is 31.1 Å². The number of methoxy groups -OCH3 is 2. The highest BCUT2D eigenvalue weighted by atomic mass is 32.2. The molecule has 1 aliphatic heterocycles. The first-order valence-electron chi connectivity index (χ1n) is 12.5. The second-order valence-corrected chi connectivity index (χ2v) is 12.1. The summed E-state index contributed by atoms with van der Waals surface area (Å²) in [6.45, 7) is 2.53. The highest BCUT2D eigenvalue weighted by Gasteiger charge is 2.31. The van der Waals surface area contributed by atoms with Crippen molar-refractivity contribution in [2.45, 2.75) is 26.3 Å². The van der Waals surface area contributed by atoms with Crippen LogP contribution in [0.5, 0.6) is 17.2 Å². The number of ether oxygens (including phenoxy) is 3. The summed E-state index contributed by atoms with van der Waals surface area (Å²) in [5, 5.41) is 0. The number of aromatic nitrogens is 1. The monoisotopic (exact) mass is 598 g/mol. The fourth-order valence-electron chi connectivity index (χ4n) is 4.19. The van der Waals surface area contributed by atoms with Crippen LogP contribution in [0.25, 0.3) is 17.2 Å². The van der Waals surface area contributed by atoms with Crippen LogP contribution in [0.15, 0.2) is 46.7 Å². The zero-order valence-electron chi connectivity index (χ0n) is 22.3. The molecule has 2 aromatic carbocycles. The first-order valence-corrected chi connectivity index (χ1v) is 15.7. The third-order valence-electron chi connectivity index (χ3n) is 6.01. The molecule has 0 saturated carbocycles. The van der Waals surface area contributed by atoms with Crippen molar-refractivity contribution in [3.8, 4) is 17.2 Å². The maximum absolute atomic E-state index is 12.2. The van der Waals surface area contributed by atoms with E-state index in [1.165, 1.54) is 7.11 Å². The summed E-state index contributed by atoms with van der Waals surface area (Å²) in [7, 11) is -4.86. The molecule has 0 radical (unpaired) electrons. The van der Waals surface area contributed by atoms with Gasteiger partial charge in [0.05, 0.1) is 37.5 Å². The highest BCUT2D eigenvalue weighted by Crippen LogP contribution is 2.42. The average molecular weight is 599 g/mol. The molecule has 0 fully saturated rings. The van der Waals surface area contributed by atoms with Crippen molar-refractivity contribution in [2.24, 2.45) is 0 Å². The van der Waals surface area contributed by atoms with E-state index in [4.69, 9.17) is 22.9 Å². The smallest absolute Gasteiger partial charge is 0.379 e. The fraction of sp³-hybridized carbons (Fsp3) is 0.400. The Bertz CT molecular complexity index is 1600. The average Bonchev–Trinajstić information content (AvgIpc) is 3.43. The van der Waals surface area contributed by atoms with Gasteiger partial charge >= 0.3 is 5.89 Å². The normalized spacial score (nSPS) is 14.5. The minimum atomic E-state index is -4.15. The van der Waals surface area contributed by atoms with E-state index in [1.807, 2.05) is 0 Å². The highest BCUT2D eigenvalue weighted by molar-refractivity contribution is 7.86. The lowest BCUT2D eigenvalue weighted by molar-refractivity contribution is -0.677. The largest absolute Gasteiger partial charge is 0.497 e. The molecule has 1 aromatic heterocycles. The van der Waals surface area contributed by atoms with Gasteiger partial charge in [-0.15, -0.1) is 0 Å². The number of benzene rings is 2. The molecule has 13 nitrogen and oxygen atoms in total. The topological polar surface area (TPSA) is 158 Å². The second-order valence-electron chi connectivity index (χ2n) is 8.83. The summed E-state index contributed by atoms with van der Waals surface area (Å²) in [6.07, 6.45) is 1.99. The van der Waals surface area contributed by atoms with Crippen LogP contribution >= 0.6 is 0 Å². The maximum atomic E-state index is 12.2. The number of oxazole rings is 1. The molecule has 0 unspecified atom stereocenters. The number of hydrogen-bond acceptors (Lipinski definition) is 11. The molecule has 15 heteroatoms. The molecule has 1 aliphatic rings. The summed E-state index contributed by atoms with van der Waals surface area (Å²) in [4.78, 5) is 1.80. The Morgan fingerprint density at radius 2 is 1.75 bits per heavy atom. The molecule has 0 spiro atoms. The summed E-state index contributed by atoms with van der Waals surface area (Å²) >= 11 is 0. The molecule has 0 atom stereocenters. The number of nitrogens with zero attached hydrogens (tertiary/aromatic N) is 2. The van der Waals surface area contributed by atoms with Crippen LogP contribution in [0.3, 0.4) is 0 Å². The van der Waals surface area contributed by atoms with Crippen molar-refractivity contribution >= 4 is 43.1 Å². The molecule has 2 N–H and O–H groups in total. The van der Waals surface area contributed by atoms with Gasteiger partial charge in [-0.25, -0.2) is 0 Å². The lowest BCUT2D eigenvalue weighted by atomic mass is 10.2. The Balaban J connectivity index is 1.70. The molecule has 3 aromatic rings.